The minimum absolute atomic E-state index is 0. The molecule has 1 N–H and O–H groups in total. The van der Waals surface area contributed by atoms with Crippen LogP contribution in [0.2, 0.25) is 0 Å². The van der Waals surface area contributed by atoms with Crippen molar-refractivity contribution in [3.8, 4) is 5.75 Å². The number of hydrogen-bond donors (Lipinski definition) is 1. The molecule has 1 aromatic heterocycles. The Morgan fingerprint density at radius 2 is 2.09 bits per heavy atom. The van der Waals surface area contributed by atoms with Crippen LogP contribution in [0.25, 0.3) is 0 Å². The molecule has 0 saturated heterocycles. The summed E-state index contributed by atoms with van der Waals surface area (Å²) in [4.78, 5) is 15.9. The Balaban J connectivity index is 0.00000242. The van der Waals surface area contributed by atoms with Gasteiger partial charge in [-0.25, -0.2) is 0 Å². The zero-order chi connectivity index (χ0) is 15.2. The van der Waals surface area contributed by atoms with Gasteiger partial charge in [0.15, 0.2) is 0 Å². The number of ether oxygens (including phenoxy) is 1. The molecule has 0 radical (unpaired) electrons. The fourth-order valence-corrected chi connectivity index (χ4v) is 2.36. The van der Waals surface area contributed by atoms with Crippen LogP contribution in [0, 0.1) is 13.8 Å². The number of rotatable bonds is 5. The summed E-state index contributed by atoms with van der Waals surface area (Å²) in [6.45, 7) is 4.67. The van der Waals surface area contributed by atoms with Crippen molar-refractivity contribution in [2.45, 2.75) is 20.3 Å². The van der Waals surface area contributed by atoms with Gasteiger partial charge in [0, 0.05) is 18.9 Å². The minimum atomic E-state index is -0.105. The van der Waals surface area contributed by atoms with E-state index in [9.17, 15) is 4.79 Å². The summed E-state index contributed by atoms with van der Waals surface area (Å²) in [6, 6.07) is 7.65. The normalized spacial score (nSPS) is 9.77. The van der Waals surface area contributed by atoms with Gasteiger partial charge in [-0.05, 0) is 55.2 Å². The quantitative estimate of drug-likeness (QED) is 0.921. The highest BCUT2D eigenvalue weighted by atomic mass is 35.5. The molecule has 0 aliphatic heterocycles. The molecule has 22 heavy (non-hydrogen) atoms. The molecule has 0 spiro atoms. The van der Waals surface area contributed by atoms with Crippen LogP contribution in [0.4, 0.5) is 0 Å². The molecular weight excluding hydrogens is 300 g/mol. The Hall–Kier alpha value is -2.07. The lowest BCUT2D eigenvalue weighted by molar-refractivity contribution is 0.0953. The lowest BCUT2D eigenvalue weighted by atomic mass is 10.0. The molecule has 0 fully saturated rings. The number of carbonyl (C=O) groups excluding carboxylic acids is 1. The monoisotopic (exact) mass is 320 g/mol. The van der Waals surface area contributed by atoms with Gasteiger partial charge in [-0.2, -0.15) is 0 Å². The van der Waals surface area contributed by atoms with Crippen molar-refractivity contribution in [1.82, 2.24) is 10.3 Å². The Kier molecular flexibility index (Phi) is 6.86. The van der Waals surface area contributed by atoms with E-state index in [1.807, 2.05) is 13.0 Å². The molecule has 2 rings (SSSR count). The number of halogens is 1. The molecule has 0 unspecified atom stereocenters. The van der Waals surface area contributed by atoms with Crippen molar-refractivity contribution in [3.05, 3.63) is 58.9 Å². The average Bonchev–Trinajstić information content (AvgIpc) is 2.49. The predicted octanol–water partition coefficient (Wildman–Crippen LogP) is 3.10. The lowest BCUT2D eigenvalue weighted by Crippen LogP contribution is -2.26. The third-order valence-corrected chi connectivity index (χ3v) is 3.38. The van der Waals surface area contributed by atoms with Crippen LogP contribution in [0.5, 0.6) is 5.75 Å². The minimum Gasteiger partial charge on any atom is -0.496 e. The van der Waals surface area contributed by atoms with Crippen molar-refractivity contribution < 1.29 is 9.53 Å². The van der Waals surface area contributed by atoms with Gasteiger partial charge < -0.3 is 10.1 Å². The van der Waals surface area contributed by atoms with Gasteiger partial charge in [-0.15, -0.1) is 12.4 Å². The van der Waals surface area contributed by atoms with E-state index < -0.39 is 0 Å². The van der Waals surface area contributed by atoms with Crippen LogP contribution in [0.15, 0.2) is 36.7 Å². The number of methoxy groups -OCH3 is 1. The number of nitrogens with one attached hydrogen (secondary N) is 1. The Bertz CT molecular complexity index is 630. The van der Waals surface area contributed by atoms with Crippen LogP contribution in [0.1, 0.15) is 27.0 Å². The van der Waals surface area contributed by atoms with E-state index in [0.29, 0.717) is 12.1 Å². The topological polar surface area (TPSA) is 51.2 Å². The van der Waals surface area contributed by atoms with E-state index >= 15 is 0 Å². The van der Waals surface area contributed by atoms with Gasteiger partial charge >= 0.3 is 0 Å². The number of amides is 1. The van der Waals surface area contributed by atoms with E-state index in [1.54, 1.807) is 31.6 Å². The molecule has 1 aromatic carbocycles. The SMILES string of the molecule is COc1cc(C)cc(C)c1CCNC(=O)c1cccnc1.Cl. The molecule has 0 saturated carbocycles. The molecule has 0 atom stereocenters. The zero-order valence-electron chi connectivity index (χ0n) is 13.1. The summed E-state index contributed by atoms with van der Waals surface area (Å²) in [5, 5.41) is 2.91. The van der Waals surface area contributed by atoms with Crippen molar-refractivity contribution >= 4 is 18.3 Å². The van der Waals surface area contributed by atoms with Crippen LogP contribution in [0.3, 0.4) is 0 Å². The predicted molar refractivity (Wildman–Crippen MR) is 90.0 cm³/mol. The van der Waals surface area contributed by atoms with Gasteiger partial charge in [0.05, 0.1) is 12.7 Å². The first-order valence-corrected chi connectivity index (χ1v) is 6.94. The van der Waals surface area contributed by atoms with E-state index in [0.717, 1.165) is 17.7 Å². The second-order valence-electron chi connectivity index (χ2n) is 5.01. The van der Waals surface area contributed by atoms with Crippen molar-refractivity contribution in [2.24, 2.45) is 0 Å². The maximum absolute atomic E-state index is 11.9. The largest absolute Gasteiger partial charge is 0.496 e. The summed E-state index contributed by atoms with van der Waals surface area (Å²) >= 11 is 0. The first-order chi connectivity index (χ1) is 10.1. The number of pyridine rings is 1. The zero-order valence-corrected chi connectivity index (χ0v) is 13.9. The second kappa shape index (κ2) is 8.39. The first-order valence-electron chi connectivity index (χ1n) is 6.94. The molecule has 1 amide bonds. The van der Waals surface area contributed by atoms with Gasteiger partial charge in [-0.1, -0.05) is 6.07 Å². The fraction of sp³-hybridized carbons (Fsp3) is 0.294. The number of hydrogen-bond acceptors (Lipinski definition) is 3. The fourth-order valence-electron chi connectivity index (χ4n) is 2.36. The highest BCUT2D eigenvalue weighted by Gasteiger charge is 2.09. The molecule has 5 heteroatoms. The van der Waals surface area contributed by atoms with Gasteiger partial charge in [-0.3, -0.25) is 9.78 Å². The highest BCUT2D eigenvalue weighted by Crippen LogP contribution is 2.24. The smallest absolute Gasteiger partial charge is 0.252 e. The molecule has 4 nitrogen and oxygen atoms in total. The maximum atomic E-state index is 11.9. The van der Waals surface area contributed by atoms with Crippen LogP contribution in [-0.2, 0) is 6.42 Å². The highest BCUT2D eigenvalue weighted by molar-refractivity contribution is 5.93. The summed E-state index contributed by atoms with van der Waals surface area (Å²) in [5.74, 6) is 0.773. The summed E-state index contributed by atoms with van der Waals surface area (Å²) in [7, 11) is 1.67. The molecule has 0 aliphatic rings. The van der Waals surface area contributed by atoms with Crippen molar-refractivity contribution in [1.29, 1.82) is 0 Å². The summed E-state index contributed by atoms with van der Waals surface area (Å²) in [5.41, 5.74) is 4.06. The first kappa shape index (κ1) is 18.0. The Labute approximate surface area is 137 Å². The second-order valence-corrected chi connectivity index (χ2v) is 5.01. The van der Waals surface area contributed by atoms with Crippen LogP contribution >= 0.6 is 12.4 Å². The molecule has 2 aromatic rings. The molecule has 0 aliphatic carbocycles. The Morgan fingerprint density at radius 1 is 1.32 bits per heavy atom. The molecule has 118 valence electrons. The average molecular weight is 321 g/mol. The number of aromatic nitrogens is 1. The van der Waals surface area contributed by atoms with Crippen molar-refractivity contribution in [2.75, 3.05) is 13.7 Å². The third-order valence-electron chi connectivity index (χ3n) is 3.38. The standard InChI is InChI=1S/C17H20N2O2.ClH/c1-12-9-13(2)15(16(10-12)21-3)6-8-19-17(20)14-5-4-7-18-11-14;/h4-5,7,9-11H,6,8H2,1-3H3,(H,19,20);1H. The Morgan fingerprint density at radius 3 is 2.73 bits per heavy atom. The third kappa shape index (κ3) is 4.46. The maximum Gasteiger partial charge on any atom is 0.252 e. The van der Waals surface area contributed by atoms with E-state index in [1.165, 1.54) is 11.1 Å². The van der Waals surface area contributed by atoms with E-state index in [2.05, 4.69) is 23.3 Å². The van der Waals surface area contributed by atoms with Gasteiger partial charge in [0.2, 0.25) is 0 Å². The summed E-state index contributed by atoms with van der Waals surface area (Å²) in [6.07, 6.45) is 3.95. The van der Waals surface area contributed by atoms with Gasteiger partial charge in [0.25, 0.3) is 5.91 Å². The van der Waals surface area contributed by atoms with E-state index in [-0.39, 0.29) is 18.3 Å². The van der Waals surface area contributed by atoms with Crippen molar-refractivity contribution in [3.63, 3.8) is 0 Å². The number of benzene rings is 1. The molecule has 0 bridgehead atoms. The molecule has 1 heterocycles. The van der Waals surface area contributed by atoms with Crippen LogP contribution in [-0.4, -0.2) is 24.5 Å². The number of aryl methyl sites for hydroxylation is 2. The van der Waals surface area contributed by atoms with E-state index in [4.69, 9.17) is 4.74 Å². The lowest BCUT2D eigenvalue weighted by Gasteiger charge is -2.13. The number of carbonyl (C=O) groups is 1. The molecular formula is C17H21ClN2O2. The van der Waals surface area contributed by atoms with Crippen LogP contribution < -0.4 is 10.1 Å². The van der Waals surface area contributed by atoms with Gasteiger partial charge in [0.1, 0.15) is 5.75 Å². The summed E-state index contributed by atoms with van der Waals surface area (Å²) < 4.78 is 5.43. The number of nitrogens with zero attached hydrogens (tertiary/aromatic N) is 1.